The summed E-state index contributed by atoms with van der Waals surface area (Å²) in [4.78, 5) is 0. The fourth-order valence-corrected chi connectivity index (χ4v) is 3.92. The van der Waals surface area contributed by atoms with Crippen molar-refractivity contribution in [1.82, 2.24) is 0 Å². The Labute approximate surface area is 130 Å². The molecule has 1 heteroatoms. The summed E-state index contributed by atoms with van der Waals surface area (Å²) in [6.45, 7) is 0. The molecular formula is C21H19N. The Balaban J connectivity index is 1.84. The lowest BCUT2D eigenvalue weighted by Gasteiger charge is -2.18. The summed E-state index contributed by atoms with van der Waals surface area (Å²) in [5, 5.41) is 8.08. The van der Waals surface area contributed by atoms with Gasteiger partial charge < -0.3 is 5.73 Å². The highest BCUT2D eigenvalue weighted by Crippen LogP contribution is 2.41. The topological polar surface area (TPSA) is 26.0 Å². The van der Waals surface area contributed by atoms with Crippen LogP contribution in [0.1, 0.15) is 30.9 Å². The van der Waals surface area contributed by atoms with Crippen LogP contribution in [0.25, 0.3) is 32.3 Å². The van der Waals surface area contributed by atoms with Crippen molar-refractivity contribution in [2.24, 2.45) is 11.7 Å². The molecule has 1 saturated carbocycles. The Kier molecular flexibility index (Phi) is 2.51. The van der Waals surface area contributed by atoms with E-state index >= 15 is 0 Å². The largest absolute Gasteiger partial charge is 0.324 e. The minimum atomic E-state index is 0.164. The van der Waals surface area contributed by atoms with Gasteiger partial charge in [-0.25, -0.2) is 0 Å². The lowest BCUT2D eigenvalue weighted by molar-refractivity contribution is 0.600. The summed E-state index contributed by atoms with van der Waals surface area (Å²) < 4.78 is 0. The number of hydrogen-bond acceptors (Lipinski definition) is 1. The third kappa shape index (κ3) is 1.75. The maximum absolute atomic E-state index is 6.53. The van der Waals surface area contributed by atoms with Gasteiger partial charge in [-0.05, 0) is 50.2 Å². The lowest BCUT2D eigenvalue weighted by Crippen LogP contribution is -2.11. The van der Waals surface area contributed by atoms with Crippen LogP contribution in [0.2, 0.25) is 0 Å². The molecule has 0 spiro atoms. The van der Waals surface area contributed by atoms with Crippen molar-refractivity contribution in [3.05, 3.63) is 60.2 Å². The third-order valence-corrected chi connectivity index (χ3v) is 5.25. The molecule has 4 aromatic carbocycles. The van der Waals surface area contributed by atoms with E-state index in [1.807, 2.05) is 0 Å². The number of rotatable bonds is 3. The molecule has 1 aliphatic carbocycles. The van der Waals surface area contributed by atoms with Crippen molar-refractivity contribution < 1.29 is 0 Å². The second kappa shape index (κ2) is 4.44. The molecule has 5 rings (SSSR count). The summed E-state index contributed by atoms with van der Waals surface area (Å²) in [5.74, 6) is 0.855. The lowest BCUT2D eigenvalue weighted by atomic mass is 9.89. The van der Waals surface area contributed by atoms with Crippen molar-refractivity contribution in [3.63, 3.8) is 0 Å². The highest BCUT2D eigenvalue weighted by atomic mass is 14.6. The monoisotopic (exact) mass is 285 g/mol. The zero-order valence-corrected chi connectivity index (χ0v) is 12.5. The third-order valence-electron chi connectivity index (χ3n) is 5.25. The van der Waals surface area contributed by atoms with Gasteiger partial charge in [-0.15, -0.1) is 0 Å². The minimum absolute atomic E-state index is 0.164. The molecule has 108 valence electrons. The van der Waals surface area contributed by atoms with E-state index in [1.165, 1.54) is 50.7 Å². The van der Waals surface area contributed by atoms with Crippen molar-refractivity contribution in [1.29, 1.82) is 0 Å². The molecule has 0 aromatic heterocycles. The SMILES string of the molecule is N[C@@H](CC1CC1)c1ccc2ccc3cccc4ccc1c2c34. The first-order valence-electron chi connectivity index (χ1n) is 8.23. The molecular weight excluding hydrogens is 266 g/mol. The van der Waals surface area contributed by atoms with Gasteiger partial charge in [0, 0.05) is 6.04 Å². The molecule has 0 unspecified atom stereocenters. The summed E-state index contributed by atoms with van der Waals surface area (Å²) in [7, 11) is 0. The zero-order chi connectivity index (χ0) is 14.7. The number of nitrogens with two attached hydrogens (primary N) is 1. The normalized spacial score (nSPS) is 16.8. The van der Waals surface area contributed by atoms with Gasteiger partial charge in [0.1, 0.15) is 0 Å². The molecule has 0 saturated heterocycles. The van der Waals surface area contributed by atoms with Crippen molar-refractivity contribution in [3.8, 4) is 0 Å². The second-order valence-corrected chi connectivity index (χ2v) is 6.80. The first-order chi connectivity index (χ1) is 10.8. The smallest absolute Gasteiger partial charge is 0.0303 e. The van der Waals surface area contributed by atoms with Crippen LogP contribution < -0.4 is 5.73 Å². The van der Waals surface area contributed by atoms with Crippen LogP contribution in [-0.4, -0.2) is 0 Å². The molecule has 0 aliphatic heterocycles. The fraction of sp³-hybridized carbons (Fsp3) is 0.238. The maximum atomic E-state index is 6.53. The number of benzene rings is 4. The number of hydrogen-bond donors (Lipinski definition) is 1. The zero-order valence-electron chi connectivity index (χ0n) is 12.5. The Bertz CT molecular complexity index is 965. The van der Waals surface area contributed by atoms with E-state index in [4.69, 9.17) is 5.73 Å². The fourth-order valence-electron chi connectivity index (χ4n) is 3.92. The molecule has 0 bridgehead atoms. The van der Waals surface area contributed by atoms with Gasteiger partial charge in [-0.3, -0.25) is 0 Å². The summed E-state index contributed by atoms with van der Waals surface area (Å²) in [6, 6.07) is 20.2. The van der Waals surface area contributed by atoms with Gasteiger partial charge in [0.05, 0.1) is 0 Å². The predicted octanol–water partition coefficient (Wildman–Crippen LogP) is 5.38. The van der Waals surface area contributed by atoms with Crippen molar-refractivity contribution in [2.45, 2.75) is 25.3 Å². The second-order valence-electron chi connectivity index (χ2n) is 6.80. The van der Waals surface area contributed by atoms with Crippen LogP contribution in [0, 0.1) is 5.92 Å². The molecule has 1 atom stereocenters. The van der Waals surface area contributed by atoms with E-state index in [0.29, 0.717) is 0 Å². The van der Waals surface area contributed by atoms with Crippen molar-refractivity contribution in [2.75, 3.05) is 0 Å². The summed E-state index contributed by atoms with van der Waals surface area (Å²) in [5.41, 5.74) is 7.85. The first kappa shape index (κ1) is 12.4. The molecule has 22 heavy (non-hydrogen) atoms. The molecule has 0 amide bonds. The van der Waals surface area contributed by atoms with E-state index in [2.05, 4.69) is 54.6 Å². The Morgan fingerprint density at radius 3 is 2.18 bits per heavy atom. The van der Waals surface area contributed by atoms with Gasteiger partial charge in [-0.2, -0.15) is 0 Å². The molecule has 2 N–H and O–H groups in total. The van der Waals surface area contributed by atoms with E-state index in [9.17, 15) is 0 Å². The molecule has 4 aromatic rings. The predicted molar refractivity (Wildman–Crippen MR) is 94.4 cm³/mol. The Morgan fingerprint density at radius 1 is 0.818 bits per heavy atom. The van der Waals surface area contributed by atoms with Gasteiger partial charge in [0.15, 0.2) is 0 Å². The van der Waals surface area contributed by atoms with E-state index in [1.54, 1.807) is 0 Å². The highest BCUT2D eigenvalue weighted by Gasteiger charge is 2.25. The minimum Gasteiger partial charge on any atom is -0.324 e. The average molecular weight is 285 g/mol. The van der Waals surface area contributed by atoms with Crippen LogP contribution in [0.15, 0.2) is 54.6 Å². The van der Waals surface area contributed by atoms with Crippen LogP contribution in [0.5, 0.6) is 0 Å². The Morgan fingerprint density at radius 2 is 1.45 bits per heavy atom. The van der Waals surface area contributed by atoms with Gasteiger partial charge in [-0.1, -0.05) is 67.4 Å². The summed E-state index contributed by atoms with van der Waals surface area (Å²) in [6.07, 6.45) is 3.85. The molecule has 0 radical (unpaired) electrons. The first-order valence-corrected chi connectivity index (χ1v) is 8.23. The maximum Gasteiger partial charge on any atom is 0.0303 e. The van der Waals surface area contributed by atoms with Crippen molar-refractivity contribution >= 4 is 32.3 Å². The summed E-state index contributed by atoms with van der Waals surface area (Å²) >= 11 is 0. The van der Waals surface area contributed by atoms with E-state index < -0.39 is 0 Å². The molecule has 1 fully saturated rings. The Hall–Kier alpha value is -2.12. The highest BCUT2D eigenvalue weighted by molar-refractivity contribution is 6.23. The molecule has 0 heterocycles. The van der Waals surface area contributed by atoms with E-state index in [0.717, 1.165) is 12.3 Å². The van der Waals surface area contributed by atoms with Crippen LogP contribution in [-0.2, 0) is 0 Å². The molecule has 1 nitrogen and oxygen atoms in total. The van der Waals surface area contributed by atoms with Crippen LogP contribution >= 0.6 is 0 Å². The standard InChI is InChI=1S/C21H19N/c22-19(12-13-4-5-13)17-10-8-16-7-6-14-2-1-3-15-9-11-18(17)21(16)20(14)15/h1-3,6-11,13,19H,4-5,12,22H2/t19-/m0/s1. The average Bonchev–Trinajstić information content (AvgIpc) is 3.36. The van der Waals surface area contributed by atoms with Crippen LogP contribution in [0.3, 0.4) is 0 Å². The van der Waals surface area contributed by atoms with Gasteiger partial charge in [0.2, 0.25) is 0 Å². The van der Waals surface area contributed by atoms with Gasteiger partial charge >= 0.3 is 0 Å². The van der Waals surface area contributed by atoms with Gasteiger partial charge in [0.25, 0.3) is 0 Å². The molecule has 1 aliphatic rings. The van der Waals surface area contributed by atoms with E-state index in [-0.39, 0.29) is 6.04 Å². The van der Waals surface area contributed by atoms with Crippen LogP contribution in [0.4, 0.5) is 0 Å². The quantitative estimate of drug-likeness (QED) is 0.502.